The minimum absolute atomic E-state index is 0.0914. The smallest absolute Gasteiger partial charge is 0.257 e. The zero-order valence-corrected chi connectivity index (χ0v) is 13.9. The van der Waals surface area contributed by atoms with E-state index in [-0.39, 0.29) is 11.7 Å². The van der Waals surface area contributed by atoms with E-state index < -0.39 is 0 Å². The number of nitrogens with one attached hydrogen (secondary N) is 1. The van der Waals surface area contributed by atoms with Gasteiger partial charge in [0.2, 0.25) is 0 Å². The molecule has 0 atom stereocenters. The zero-order chi connectivity index (χ0) is 17.4. The Hall–Kier alpha value is -3.02. The Bertz CT molecular complexity index is 872. The van der Waals surface area contributed by atoms with Crippen molar-refractivity contribution in [1.82, 2.24) is 4.98 Å². The molecule has 1 aromatic carbocycles. The van der Waals surface area contributed by atoms with E-state index in [1.54, 1.807) is 52.3 Å². The second-order valence-electron chi connectivity index (χ2n) is 5.51. The summed E-state index contributed by atoms with van der Waals surface area (Å²) < 4.78 is 10.6. The van der Waals surface area contributed by atoms with E-state index in [2.05, 4.69) is 10.3 Å². The van der Waals surface area contributed by atoms with Crippen molar-refractivity contribution in [3.8, 4) is 17.2 Å². The van der Waals surface area contributed by atoms with E-state index in [9.17, 15) is 9.90 Å². The molecule has 3 rings (SSSR count). The van der Waals surface area contributed by atoms with Crippen LogP contribution in [0, 0.1) is 13.8 Å². The number of hydrogen-bond acceptors (Lipinski definition) is 5. The van der Waals surface area contributed by atoms with Crippen molar-refractivity contribution >= 4 is 23.4 Å². The van der Waals surface area contributed by atoms with E-state index in [1.807, 2.05) is 0 Å². The molecule has 6 heteroatoms. The molecule has 6 nitrogen and oxygen atoms in total. The number of methoxy groups -OCH3 is 2. The standard InChI is InChI=1S/C18H18N2O4/c1-9-15-13(18(22)20-17(15)19-10(2)16(9)21)8-11-7-12(23-3)5-6-14(11)24-4/h5-8,21H,1-4H3,(H,19,20,22)/b13-8-. The average molecular weight is 326 g/mol. The summed E-state index contributed by atoms with van der Waals surface area (Å²) in [5.41, 5.74) is 2.83. The molecule has 0 fully saturated rings. The molecule has 2 heterocycles. The number of carbonyl (C=O) groups is 1. The Morgan fingerprint density at radius 1 is 1.21 bits per heavy atom. The molecule has 2 aromatic rings. The number of aryl methyl sites for hydroxylation is 1. The van der Waals surface area contributed by atoms with Crippen LogP contribution in [-0.4, -0.2) is 30.2 Å². The van der Waals surface area contributed by atoms with Crippen LogP contribution >= 0.6 is 0 Å². The van der Waals surface area contributed by atoms with Crippen molar-refractivity contribution in [2.24, 2.45) is 0 Å². The number of fused-ring (bicyclic) bond motifs is 1. The van der Waals surface area contributed by atoms with Gasteiger partial charge in [-0.15, -0.1) is 0 Å². The van der Waals surface area contributed by atoms with Crippen LogP contribution in [-0.2, 0) is 4.79 Å². The minimum atomic E-state index is -0.268. The van der Waals surface area contributed by atoms with Crippen molar-refractivity contribution in [2.45, 2.75) is 13.8 Å². The minimum Gasteiger partial charge on any atom is -0.506 e. The summed E-state index contributed by atoms with van der Waals surface area (Å²) in [5, 5.41) is 12.9. The van der Waals surface area contributed by atoms with Crippen LogP contribution in [0.25, 0.3) is 11.6 Å². The van der Waals surface area contributed by atoms with Crippen molar-refractivity contribution in [3.05, 3.63) is 40.6 Å². The molecule has 0 aliphatic carbocycles. The van der Waals surface area contributed by atoms with Gasteiger partial charge in [0.15, 0.2) is 0 Å². The molecule has 124 valence electrons. The van der Waals surface area contributed by atoms with Gasteiger partial charge >= 0.3 is 0 Å². The molecule has 0 saturated heterocycles. The molecule has 1 aromatic heterocycles. The van der Waals surface area contributed by atoms with Gasteiger partial charge in [0.25, 0.3) is 5.91 Å². The first-order chi connectivity index (χ1) is 11.5. The highest BCUT2D eigenvalue weighted by atomic mass is 16.5. The molecular weight excluding hydrogens is 308 g/mol. The van der Waals surface area contributed by atoms with Crippen LogP contribution in [0.15, 0.2) is 18.2 Å². The van der Waals surface area contributed by atoms with Gasteiger partial charge in [-0.1, -0.05) is 0 Å². The summed E-state index contributed by atoms with van der Waals surface area (Å²) in [6, 6.07) is 5.34. The van der Waals surface area contributed by atoms with Gasteiger partial charge < -0.3 is 19.9 Å². The lowest BCUT2D eigenvalue weighted by molar-refractivity contribution is -0.110. The van der Waals surface area contributed by atoms with Gasteiger partial charge in [0, 0.05) is 16.7 Å². The average Bonchev–Trinajstić information content (AvgIpc) is 2.88. The van der Waals surface area contributed by atoms with Gasteiger partial charge in [-0.25, -0.2) is 4.98 Å². The summed E-state index contributed by atoms with van der Waals surface area (Å²) in [6.45, 7) is 3.46. The fourth-order valence-electron chi connectivity index (χ4n) is 2.80. The third kappa shape index (κ3) is 2.46. The number of benzene rings is 1. The third-order valence-electron chi connectivity index (χ3n) is 4.07. The first kappa shape index (κ1) is 15.9. The van der Waals surface area contributed by atoms with E-state index in [1.165, 1.54) is 0 Å². The summed E-state index contributed by atoms with van der Waals surface area (Å²) in [6.07, 6.45) is 1.71. The molecule has 24 heavy (non-hydrogen) atoms. The van der Waals surface area contributed by atoms with E-state index >= 15 is 0 Å². The highest BCUT2D eigenvalue weighted by Gasteiger charge is 2.29. The maximum absolute atomic E-state index is 12.4. The number of rotatable bonds is 3. The molecule has 1 aliphatic rings. The quantitative estimate of drug-likeness (QED) is 0.848. The normalized spacial score (nSPS) is 14.5. The third-order valence-corrected chi connectivity index (χ3v) is 4.07. The van der Waals surface area contributed by atoms with Crippen LogP contribution in [0.2, 0.25) is 0 Å². The van der Waals surface area contributed by atoms with Crippen LogP contribution in [0.1, 0.15) is 22.4 Å². The SMILES string of the molecule is COc1ccc(OC)c(/C=C2\C(=O)Nc3nc(C)c(O)c(C)c32)c1. The highest BCUT2D eigenvalue weighted by Crippen LogP contribution is 2.40. The van der Waals surface area contributed by atoms with Gasteiger partial charge in [0.05, 0.1) is 25.5 Å². The number of hydrogen-bond donors (Lipinski definition) is 2. The fraction of sp³-hybridized carbons (Fsp3) is 0.222. The van der Waals surface area contributed by atoms with Gasteiger partial charge in [-0.05, 0) is 38.1 Å². The highest BCUT2D eigenvalue weighted by molar-refractivity contribution is 6.35. The van der Waals surface area contributed by atoms with Crippen molar-refractivity contribution in [1.29, 1.82) is 0 Å². The number of aromatic nitrogens is 1. The second-order valence-corrected chi connectivity index (χ2v) is 5.51. The Balaban J connectivity index is 2.20. The van der Waals surface area contributed by atoms with Crippen molar-refractivity contribution in [2.75, 3.05) is 19.5 Å². The number of ether oxygens (including phenoxy) is 2. The van der Waals surface area contributed by atoms with Crippen LogP contribution < -0.4 is 14.8 Å². The largest absolute Gasteiger partial charge is 0.506 e. The topological polar surface area (TPSA) is 80.7 Å². The maximum atomic E-state index is 12.4. The first-order valence-corrected chi connectivity index (χ1v) is 7.42. The van der Waals surface area contributed by atoms with Crippen molar-refractivity contribution in [3.63, 3.8) is 0 Å². The molecule has 1 aliphatic heterocycles. The summed E-state index contributed by atoms with van der Waals surface area (Å²) >= 11 is 0. The number of pyridine rings is 1. The first-order valence-electron chi connectivity index (χ1n) is 7.42. The lowest BCUT2D eigenvalue weighted by Crippen LogP contribution is -2.04. The molecular formula is C18H18N2O4. The molecule has 0 bridgehead atoms. The fourth-order valence-corrected chi connectivity index (χ4v) is 2.80. The number of nitrogens with zero attached hydrogens (tertiary/aromatic N) is 1. The summed E-state index contributed by atoms with van der Waals surface area (Å²) in [5.74, 6) is 1.56. The molecule has 0 saturated carbocycles. The van der Waals surface area contributed by atoms with Crippen LogP contribution in [0.5, 0.6) is 17.2 Å². The van der Waals surface area contributed by atoms with Gasteiger partial charge in [-0.2, -0.15) is 0 Å². The molecule has 0 spiro atoms. The predicted octanol–water partition coefficient (Wildman–Crippen LogP) is 2.91. The Morgan fingerprint density at radius 2 is 1.96 bits per heavy atom. The van der Waals surface area contributed by atoms with E-state index in [0.29, 0.717) is 45.3 Å². The number of carbonyl (C=O) groups excluding carboxylic acids is 1. The van der Waals surface area contributed by atoms with Crippen molar-refractivity contribution < 1.29 is 19.4 Å². The molecule has 1 amide bonds. The van der Waals surface area contributed by atoms with Crippen LogP contribution in [0.4, 0.5) is 5.82 Å². The lowest BCUT2D eigenvalue weighted by Gasteiger charge is -2.10. The Morgan fingerprint density at radius 3 is 2.62 bits per heavy atom. The Kier molecular flexibility index (Phi) is 3.89. The van der Waals surface area contributed by atoms with Gasteiger partial charge in [-0.3, -0.25) is 4.79 Å². The molecule has 2 N–H and O–H groups in total. The van der Waals surface area contributed by atoms with E-state index in [4.69, 9.17) is 9.47 Å². The Labute approximate surface area is 139 Å². The van der Waals surface area contributed by atoms with Crippen LogP contribution in [0.3, 0.4) is 0 Å². The summed E-state index contributed by atoms with van der Waals surface area (Å²) in [4.78, 5) is 16.6. The number of aromatic hydroxyl groups is 1. The van der Waals surface area contributed by atoms with E-state index in [0.717, 1.165) is 0 Å². The monoisotopic (exact) mass is 326 g/mol. The maximum Gasteiger partial charge on any atom is 0.257 e. The lowest BCUT2D eigenvalue weighted by atomic mass is 9.99. The molecule has 0 unspecified atom stereocenters. The van der Waals surface area contributed by atoms with Gasteiger partial charge in [0.1, 0.15) is 23.1 Å². The summed E-state index contributed by atoms with van der Waals surface area (Å²) in [7, 11) is 3.14. The molecule has 0 radical (unpaired) electrons. The zero-order valence-electron chi connectivity index (χ0n) is 13.9. The predicted molar refractivity (Wildman–Crippen MR) is 91.4 cm³/mol. The number of anilines is 1. The second kappa shape index (κ2) is 5.88. The number of amides is 1.